The fourth-order valence-electron chi connectivity index (χ4n) is 4.26. The minimum Gasteiger partial charge on any atom is -0.486 e. The van der Waals surface area contributed by atoms with Gasteiger partial charge in [0.1, 0.15) is 11.9 Å². The molecule has 4 rings (SSSR count). The molecule has 2 aromatic carbocycles. The Balaban J connectivity index is 1.53. The van der Waals surface area contributed by atoms with Crippen molar-refractivity contribution in [1.29, 1.82) is 0 Å². The van der Waals surface area contributed by atoms with Crippen LogP contribution in [0, 0.1) is 0 Å². The van der Waals surface area contributed by atoms with Crippen molar-refractivity contribution in [2.75, 3.05) is 11.9 Å². The van der Waals surface area contributed by atoms with Crippen molar-refractivity contribution in [3.63, 3.8) is 0 Å². The Kier molecular flexibility index (Phi) is 4.96. The van der Waals surface area contributed by atoms with Crippen LogP contribution in [-0.4, -0.2) is 12.6 Å². The highest BCUT2D eigenvalue weighted by atomic mass is 16.5. The summed E-state index contributed by atoms with van der Waals surface area (Å²) in [6, 6.07) is 15.8. The number of fused-ring (bicyclic) bond motifs is 1. The summed E-state index contributed by atoms with van der Waals surface area (Å²) in [5.41, 5.74) is 5.16. The van der Waals surface area contributed by atoms with Gasteiger partial charge in [-0.25, -0.2) is 0 Å². The molecule has 2 aromatic rings. The zero-order valence-electron chi connectivity index (χ0n) is 15.3. The SMILES string of the molecule is CCCC1CNc2ccc(-c3ccc(C4CCCCC4)cc3)cc2O1. The first-order valence-electron chi connectivity index (χ1n) is 9.98. The fourth-order valence-corrected chi connectivity index (χ4v) is 4.26. The van der Waals surface area contributed by atoms with Crippen LogP contribution in [0.4, 0.5) is 5.69 Å². The van der Waals surface area contributed by atoms with Gasteiger partial charge < -0.3 is 10.1 Å². The normalized spacial score (nSPS) is 20.4. The van der Waals surface area contributed by atoms with Crippen LogP contribution < -0.4 is 10.1 Å². The summed E-state index contributed by atoms with van der Waals surface area (Å²) in [6.45, 7) is 3.12. The third kappa shape index (κ3) is 3.68. The first-order valence-corrected chi connectivity index (χ1v) is 9.98. The molecule has 2 aliphatic rings. The zero-order valence-corrected chi connectivity index (χ0v) is 15.3. The van der Waals surface area contributed by atoms with E-state index in [9.17, 15) is 0 Å². The standard InChI is InChI=1S/C23H29NO/c1-2-6-21-16-24-22-14-13-20(15-23(22)25-21)19-11-9-18(10-12-19)17-7-4-3-5-8-17/h9-15,17,21,24H,2-8,16H2,1H3. The second kappa shape index (κ2) is 7.51. The zero-order chi connectivity index (χ0) is 17.1. The molecule has 132 valence electrons. The van der Waals surface area contributed by atoms with Gasteiger partial charge in [0.15, 0.2) is 0 Å². The first kappa shape index (κ1) is 16.5. The van der Waals surface area contributed by atoms with Crippen LogP contribution in [-0.2, 0) is 0 Å². The molecule has 1 atom stereocenters. The quantitative estimate of drug-likeness (QED) is 0.700. The van der Waals surface area contributed by atoms with Gasteiger partial charge in [0, 0.05) is 0 Å². The van der Waals surface area contributed by atoms with E-state index in [1.165, 1.54) is 48.8 Å². The highest BCUT2D eigenvalue weighted by molar-refractivity contribution is 5.71. The highest BCUT2D eigenvalue weighted by Crippen LogP contribution is 2.36. The average Bonchev–Trinajstić information content (AvgIpc) is 2.68. The summed E-state index contributed by atoms with van der Waals surface area (Å²) in [6.07, 6.45) is 9.46. The monoisotopic (exact) mass is 335 g/mol. The molecule has 1 N–H and O–H groups in total. The van der Waals surface area contributed by atoms with E-state index in [2.05, 4.69) is 54.7 Å². The number of nitrogens with one attached hydrogen (secondary N) is 1. The van der Waals surface area contributed by atoms with E-state index in [0.29, 0.717) is 6.10 Å². The third-order valence-corrected chi connectivity index (χ3v) is 5.73. The van der Waals surface area contributed by atoms with Crippen molar-refractivity contribution in [3.8, 4) is 16.9 Å². The van der Waals surface area contributed by atoms with Crippen molar-refractivity contribution >= 4 is 5.69 Å². The van der Waals surface area contributed by atoms with Gasteiger partial charge in [-0.2, -0.15) is 0 Å². The van der Waals surface area contributed by atoms with Crippen LogP contribution in [0.1, 0.15) is 63.4 Å². The molecule has 0 spiro atoms. The molecule has 1 unspecified atom stereocenters. The summed E-state index contributed by atoms with van der Waals surface area (Å²) in [7, 11) is 0. The molecule has 1 saturated carbocycles. The molecule has 1 heterocycles. The van der Waals surface area contributed by atoms with E-state index in [1.54, 1.807) is 0 Å². The summed E-state index contributed by atoms with van der Waals surface area (Å²) in [4.78, 5) is 0. The lowest BCUT2D eigenvalue weighted by molar-refractivity contribution is 0.195. The van der Waals surface area contributed by atoms with E-state index >= 15 is 0 Å². The molecule has 1 fully saturated rings. The fraction of sp³-hybridized carbons (Fsp3) is 0.478. The van der Waals surface area contributed by atoms with Crippen LogP contribution in [0.5, 0.6) is 5.75 Å². The number of hydrogen-bond donors (Lipinski definition) is 1. The molecule has 25 heavy (non-hydrogen) atoms. The number of benzene rings is 2. The topological polar surface area (TPSA) is 21.3 Å². The highest BCUT2D eigenvalue weighted by Gasteiger charge is 2.19. The maximum Gasteiger partial charge on any atom is 0.143 e. The van der Waals surface area contributed by atoms with Gasteiger partial charge in [-0.05, 0) is 54.0 Å². The lowest BCUT2D eigenvalue weighted by Gasteiger charge is -2.27. The number of rotatable bonds is 4. The van der Waals surface area contributed by atoms with Crippen molar-refractivity contribution in [3.05, 3.63) is 48.0 Å². The molecule has 1 aliphatic carbocycles. The van der Waals surface area contributed by atoms with Crippen LogP contribution >= 0.6 is 0 Å². The van der Waals surface area contributed by atoms with E-state index in [-0.39, 0.29) is 0 Å². The Hall–Kier alpha value is -1.96. The van der Waals surface area contributed by atoms with Gasteiger partial charge in [-0.15, -0.1) is 0 Å². The van der Waals surface area contributed by atoms with Crippen molar-refractivity contribution < 1.29 is 4.74 Å². The minimum atomic E-state index is 0.293. The Bertz CT molecular complexity index is 701. The molecule has 2 heteroatoms. The van der Waals surface area contributed by atoms with Gasteiger partial charge in [-0.3, -0.25) is 0 Å². The van der Waals surface area contributed by atoms with Gasteiger partial charge >= 0.3 is 0 Å². The number of ether oxygens (including phenoxy) is 1. The molecule has 0 bridgehead atoms. The smallest absolute Gasteiger partial charge is 0.143 e. The van der Waals surface area contributed by atoms with Crippen LogP contribution in [0.2, 0.25) is 0 Å². The number of anilines is 1. The average molecular weight is 335 g/mol. The lowest BCUT2D eigenvalue weighted by Crippen LogP contribution is -2.30. The lowest BCUT2D eigenvalue weighted by atomic mass is 9.84. The third-order valence-electron chi connectivity index (χ3n) is 5.73. The van der Waals surface area contributed by atoms with Gasteiger partial charge in [0.2, 0.25) is 0 Å². The van der Waals surface area contributed by atoms with E-state index < -0.39 is 0 Å². The maximum atomic E-state index is 6.19. The van der Waals surface area contributed by atoms with E-state index in [0.717, 1.165) is 36.7 Å². The second-order valence-corrected chi connectivity index (χ2v) is 7.58. The molecule has 0 amide bonds. The van der Waals surface area contributed by atoms with Gasteiger partial charge in [0.25, 0.3) is 0 Å². The van der Waals surface area contributed by atoms with E-state index in [4.69, 9.17) is 4.74 Å². The molecule has 1 aliphatic heterocycles. The molecule has 2 nitrogen and oxygen atoms in total. The van der Waals surface area contributed by atoms with Crippen molar-refractivity contribution in [2.45, 2.75) is 63.9 Å². The summed E-state index contributed by atoms with van der Waals surface area (Å²) in [5, 5.41) is 3.50. The molecular weight excluding hydrogens is 306 g/mol. The second-order valence-electron chi connectivity index (χ2n) is 7.58. The maximum absolute atomic E-state index is 6.19. The predicted octanol–water partition coefficient (Wildman–Crippen LogP) is 6.37. The Morgan fingerprint density at radius 1 is 0.960 bits per heavy atom. The summed E-state index contributed by atoms with van der Waals surface area (Å²) >= 11 is 0. The van der Waals surface area contributed by atoms with Crippen molar-refractivity contribution in [1.82, 2.24) is 0 Å². The largest absolute Gasteiger partial charge is 0.486 e. The molecule has 0 saturated heterocycles. The first-order chi connectivity index (χ1) is 12.3. The Morgan fingerprint density at radius 2 is 1.72 bits per heavy atom. The number of hydrogen-bond acceptors (Lipinski definition) is 2. The van der Waals surface area contributed by atoms with Crippen LogP contribution in [0.25, 0.3) is 11.1 Å². The Labute approximate surface area is 151 Å². The van der Waals surface area contributed by atoms with E-state index in [1.807, 2.05) is 0 Å². The predicted molar refractivity (Wildman–Crippen MR) is 106 cm³/mol. The van der Waals surface area contributed by atoms with Crippen molar-refractivity contribution in [2.24, 2.45) is 0 Å². The molecule has 0 radical (unpaired) electrons. The van der Waals surface area contributed by atoms with Gasteiger partial charge in [0.05, 0.1) is 12.2 Å². The van der Waals surface area contributed by atoms with Crippen LogP contribution in [0.15, 0.2) is 42.5 Å². The summed E-state index contributed by atoms with van der Waals surface area (Å²) < 4.78 is 6.19. The summed E-state index contributed by atoms with van der Waals surface area (Å²) in [5.74, 6) is 1.77. The molecule has 0 aromatic heterocycles. The minimum absolute atomic E-state index is 0.293. The van der Waals surface area contributed by atoms with Crippen LogP contribution in [0.3, 0.4) is 0 Å². The molecular formula is C23H29NO. The van der Waals surface area contributed by atoms with Gasteiger partial charge in [-0.1, -0.05) is 62.9 Å². The Morgan fingerprint density at radius 3 is 2.48 bits per heavy atom.